The van der Waals surface area contributed by atoms with Crippen molar-refractivity contribution in [3.63, 3.8) is 0 Å². The fourth-order valence-electron chi connectivity index (χ4n) is 2.45. The van der Waals surface area contributed by atoms with Gasteiger partial charge < -0.3 is 9.47 Å². The minimum Gasteiger partial charge on any atom is -0.493 e. The lowest BCUT2D eigenvalue weighted by atomic mass is 10.1. The molecule has 0 atom stereocenters. The number of hydrogen-bond donors (Lipinski definition) is 1. The normalized spacial score (nSPS) is 11.0. The summed E-state index contributed by atoms with van der Waals surface area (Å²) in [7, 11) is 3.20. The molecule has 1 aromatic heterocycles. The van der Waals surface area contributed by atoms with E-state index in [-0.39, 0.29) is 0 Å². The second-order valence-electron chi connectivity index (χ2n) is 5.34. The maximum Gasteiger partial charge on any atom is 0.216 e. The third kappa shape index (κ3) is 3.46. The zero-order valence-electron chi connectivity index (χ0n) is 14.2. The zero-order chi connectivity index (χ0) is 17.8. The van der Waals surface area contributed by atoms with Crippen LogP contribution in [-0.2, 0) is 0 Å². The number of benzene rings is 2. The number of aromatic nitrogens is 3. The lowest BCUT2D eigenvalue weighted by Gasteiger charge is -2.07. The molecule has 0 saturated heterocycles. The topological polar surface area (TPSA) is 64.4 Å². The average molecular weight is 354 g/mol. The van der Waals surface area contributed by atoms with Gasteiger partial charge in [0.1, 0.15) is 0 Å². The van der Waals surface area contributed by atoms with E-state index in [4.69, 9.17) is 21.7 Å². The van der Waals surface area contributed by atoms with Crippen LogP contribution < -0.4 is 9.47 Å². The second-order valence-corrected chi connectivity index (χ2v) is 5.72. The molecule has 1 heterocycles. The number of aromatic amines is 1. The minimum atomic E-state index is 0.426. The van der Waals surface area contributed by atoms with Crippen LogP contribution in [0.3, 0.4) is 0 Å². The molecule has 0 radical (unpaired) electrons. The van der Waals surface area contributed by atoms with Crippen LogP contribution in [0.2, 0.25) is 0 Å². The van der Waals surface area contributed by atoms with Gasteiger partial charge in [0.2, 0.25) is 4.77 Å². The van der Waals surface area contributed by atoms with Gasteiger partial charge in [-0.2, -0.15) is 14.9 Å². The van der Waals surface area contributed by atoms with Crippen LogP contribution >= 0.6 is 12.2 Å². The van der Waals surface area contributed by atoms with Crippen molar-refractivity contribution in [2.75, 3.05) is 14.2 Å². The molecule has 7 heteroatoms. The Morgan fingerprint density at radius 1 is 1.12 bits per heavy atom. The number of hydrogen-bond acceptors (Lipinski definition) is 5. The first kappa shape index (κ1) is 16.9. The highest BCUT2D eigenvalue weighted by atomic mass is 32.1. The predicted octanol–water partition coefficient (Wildman–Crippen LogP) is 3.82. The Morgan fingerprint density at radius 3 is 2.60 bits per heavy atom. The number of aryl methyl sites for hydroxylation is 1. The molecule has 0 spiro atoms. The van der Waals surface area contributed by atoms with E-state index in [9.17, 15) is 0 Å². The minimum absolute atomic E-state index is 0.426. The van der Waals surface area contributed by atoms with Crippen molar-refractivity contribution in [3.05, 3.63) is 58.4 Å². The Labute approximate surface area is 150 Å². The Kier molecular flexibility index (Phi) is 4.95. The maximum atomic E-state index is 5.31. The van der Waals surface area contributed by atoms with E-state index in [0.29, 0.717) is 22.1 Å². The first-order valence-corrected chi connectivity index (χ1v) is 8.04. The molecule has 3 aromatic rings. The molecular weight excluding hydrogens is 336 g/mol. The van der Waals surface area contributed by atoms with Gasteiger partial charge >= 0.3 is 0 Å². The fraction of sp³-hybridized carbons (Fsp3) is 0.167. The molecule has 0 bridgehead atoms. The van der Waals surface area contributed by atoms with E-state index in [0.717, 1.165) is 16.7 Å². The Bertz CT molecular complexity index is 975. The summed E-state index contributed by atoms with van der Waals surface area (Å²) in [5, 5.41) is 11.6. The number of H-pyrrole nitrogens is 1. The molecule has 0 aliphatic carbocycles. The van der Waals surface area contributed by atoms with Crippen LogP contribution in [0.5, 0.6) is 11.5 Å². The average Bonchev–Trinajstić information content (AvgIpc) is 3.00. The first-order chi connectivity index (χ1) is 12.1. The largest absolute Gasteiger partial charge is 0.493 e. The number of ether oxygens (including phenoxy) is 2. The highest BCUT2D eigenvalue weighted by Gasteiger charge is 2.10. The van der Waals surface area contributed by atoms with Crippen molar-refractivity contribution >= 4 is 18.4 Å². The van der Waals surface area contributed by atoms with Gasteiger partial charge in [0, 0.05) is 5.56 Å². The van der Waals surface area contributed by atoms with Crippen LogP contribution in [0.4, 0.5) is 0 Å². The monoisotopic (exact) mass is 354 g/mol. The van der Waals surface area contributed by atoms with Crippen molar-refractivity contribution in [1.82, 2.24) is 14.9 Å². The molecule has 0 unspecified atom stereocenters. The molecule has 0 aliphatic heterocycles. The van der Waals surface area contributed by atoms with Gasteiger partial charge in [0.05, 0.1) is 20.4 Å². The van der Waals surface area contributed by atoms with Crippen molar-refractivity contribution < 1.29 is 9.47 Å². The molecule has 1 N–H and O–H groups in total. The van der Waals surface area contributed by atoms with Crippen molar-refractivity contribution in [2.24, 2.45) is 5.10 Å². The lowest BCUT2D eigenvalue weighted by Crippen LogP contribution is -1.97. The molecular formula is C18H18N4O2S. The third-order valence-corrected chi connectivity index (χ3v) is 4.03. The summed E-state index contributed by atoms with van der Waals surface area (Å²) in [6.45, 7) is 2.02. The van der Waals surface area contributed by atoms with Gasteiger partial charge in [0.15, 0.2) is 17.3 Å². The predicted molar refractivity (Wildman–Crippen MR) is 100 cm³/mol. The van der Waals surface area contributed by atoms with Gasteiger partial charge in [-0.3, -0.25) is 0 Å². The van der Waals surface area contributed by atoms with E-state index < -0.39 is 0 Å². The van der Waals surface area contributed by atoms with E-state index in [1.165, 1.54) is 0 Å². The Balaban J connectivity index is 1.99. The van der Waals surface area contributed by atoms with Gasteiger partial charge in [-0.15, -0.1) is 0 Å². The Hall–Kier alpha value is -2.93. The molecule has 25 heavy (non-hydrogen) atoms. The highest BCUT2D eigenvalue weighted by Crippen LogP contribution is 2.27. The van der Waals surface area contributed by atoms with E-state index in [1.807, 2.05) is 49.4 Å². The molecule has 6 nitrogen and oxygen atoms in total. The van der Waals surface area contributed by atoms with Crippen molar-refractivity contribution in [1.29, 1.82) is 0 Å². The van der Waals surface area contributed by atoms with E-state index in [1.54, 1.807) is 25.1 Å². The lowest BCUT2D eigenvalue weighted by molar-refractivity contribution is 0.355. The van der Waals surface area contributed by atoms with Crippen molar-refractivity contribution in [3.8, 4) is 22.9 Å². The molecule has 0 saturated carbocycles. The SMILES string of the molecule is COc1ccc(/C=N\n2c(-c3ccccc3C)n[nH]c2=S)cc1OC. The van der Waals surface area contributed by atoms with Crippen LogP contribution in [0.25, 0.3) is 11.4 Å². The summed E-state index contributed by atoms with van der Waals surface area (Å²) in [5.41, 5.74) is 2.93. The first-order valence-electron chi connectivity index (χ1n) is 7.64. The number of rotatable bonds is 5. The summed E-state index contributed by atoms with van der Waals surface area (Å²) in [5.74, 6) is 1.97. The molecule has 0 amide bonds. The van der Waals surface area contributed by atoms with Crippen LogP contribution in [0.15, 0.2) is 47.6 Å². The third-order valence-electron chi connectivity index (χ3n) is 3.77. The standard InChI is InChI=1S/C18H18N4O2S/c1-12-6-4-5-7-14(12)17-20-21-18(25)22(17)19-11-13-8-9-15(23-2)16(10-13)24-3/h4-11H,1-3H3,(H,21,25)/b19-11-. The zero-order valence-corrected chi connectivity index (χ0v) is 15.0. The molecule has 3 rings (SSSR count). The maximum absolute atomic E-state index is 5.31. The summed E-state index contributed by atoms with van der Waals surface area (Å²) in [4.78, 5) is 0. The quantitative estimate of drug-likeness (QED) is 0.559. The summed E-state index contributed by atoms with van der Waals surface area (Å²) in [6, 6.07) is 13.5. The van der Waals surface area contributed by atoms with Gasteiger partial charge in [-0.1, -0.05) is 24.3 Å². The van der Waals surface area contributed by atoms with Crippen LogP contribution in [0.1, 0.15) is 11.1 Å². The van der Waals surface area contributed by atoms with Crippen LogP contribution in [0, 0.1) is 11.7 Å². The van der Waals surface area contributed by atoms with Gasteiger partial charge in [-0.05, 0) is 48.5 Å². The highest BCUT2D eigenvalue weighted by molar-refractivity contribution is 7.71. The number of nitrogens with one attached hydrogen (secondary N) is 1. The molecule has 0 fully saturated rings. The molecule has 128 valence electrons. The van der Waals surface area contributed by atoms with Crippen molar-refractivity contribution in [2.45, 2.75) is 6.92 Å². The van der Waals surface area contributed by atoms with Gasteiger partial charge in [0.25, 0.3) is 0 Å². The fourth-order valence-corrected chi connectivity index (χ4v) is 2.63. The van der Waals surface area contributed by atoms with E-state index >= 15 is 0 Å². The molecule has 0 aliphatic rings. The smallest absolute Gasteiger partial charge is 0.216 e. The second kappa shape index (κ2) is 7.31. The van der Waals surface area contributed by atoms with Gasteiger partial charge in [-0.25, -0.2) is 5.10 Å². The van der Waals surface area contributed by atoms with Crippen LogP contribution in [-0.4, -0.2) is 35.3 Å². The van der Waals surface area contributed by atoms with E-state index in [2.05, 4.69) is 15.3 Å². The summed E-state index contributed by atoms with van der Waals surface area (Å²) in [6.07, 6.45) is 1.70. The molecule has 2 aromatic carbocycles. The Morgan fingerprint density at radius 2 is 1.88 bits per heavy atom. The summed E-state index contributed by atoms with van der Waals surface area (Å²) < 4.78 is 12.6. The number of nitrogens with zero attached hydrogens (tertiary/aromatic N) is 3. The number of methoxy groups -OCH3 is 2. The summed E-state index contributed by atoms with van der Waals surface area (Å²) >= 11 is 5.31.